The van der Waals surface area contributed by atoms with Crippen molar-refractivity contribution in [3.05, 3.63) is 0 Å². The van der Waals surface area contributed by atoms with Crippen LogP contribution >= 0.6 is 0 Å². The maximum atomic E-state index is 10.3. The van der Waals surface area contributed by atoms with E-state index in [1.54, 1.807) is 0 Å². The molecule has 0 radical (unpaired) electrons. The second-order valence-electron chi connectivity index (χ2n) is 2.60. The molecule has 7 heteroatoms. The third kappa shape index (κ3) is 5.88. The lowest BCUT2D eigenvalue weighted by atomic mass is 10.1. The molecule has 7 nitrogen and oxygen atoms in total. The molecule has 13 heavy (non-hydrogen) atoms. The Morgan fingerprint density at radius 3 is 2.38 bits per heavy atom. The number of carboxylic acid groups (broad SMARTS) is 1. The van der Waals surface area contributed by atoms with Crippen LogP contribution in [0.2, 0.25) is 0 Å². The average Bonchev–Trinajstić information content (AvgIpc) is 2.00. The summed E-state index contributed by atoms with van der Waals surface area (Å²) in [4.78, 5) is 13.8. The topological polar surface area (TPSA) is 148 Å². The Morgan fingerprint density at radius 2 is 2.00 bits per heavy atom. The van der Waals surface area contributed by atoms with Gasteiger partial charge in [-0.05, 0) is 0 Å². The van der Waals surface area contributed by atoms with Crippen molar-refractivity contribution >= 4 is 11.9 Å². The second-order valence-corrected chi connectivity index (χ2v) is 2.60. The van der Waals surface area contributed by atoms with Gasteiger partial charge in [0.2, 0.25) is 0 Å². The molecule has 76 valence electrons. The Labute approximate surface area is 75.2 Å². The number of aliphatic hydroxyl groups is 1. The Hall–Kier alpha value is -1.34. The number of aliphatic hydroxyl groups excluding tert-OH is 1. The Kier molecular flexibility index (Phi) is 4.78. The van der Waals surface area contributed by atoms with Crippen molar-refractivity contribution in [2.24, 2.45) is 22.2 Å². The molecule has 0 amide bonds. The summed E-state index contributed by atoms with van der Waals surface area (Å²) in [5, 5.41) is 17.5. The third-order valence-corrected chi connectivity index (χ3v) is 1.33. The van der Waals surface area contributed by atoms with E-state index in [9.17, 15) is 4.79 Å². The molecular formula is C6H14N4O3. The fourth-order valence-corrected chi connectivity index (χ4v) is 0.679. The van der Waals surface area contributed by atoms with Crippen molar-refractivity contribution in [2.45, 2.75) is 18.6 Å². The average molecular weight is 190 g/mol. The molecule has 0 aliphatic heterocycles. The maximum Gasteiger partial charge on any atom is 0.320 e. The van der Waals surface area contributed by atoms with Gasteiger partial charge < -0.3 is 27.4 Å². The highest BCUT2D eigenvalue weighted by Crippen LogP contribution is 1.96. The molecule has 0 saturated heterocycles. The molecule has 0 aliphatic rings. The Morgan fingerprint density at radius 1 is 1.46 bits per heavy atom. The number of guanidine groups is 1. The van der Waals surface area contributed by atoms with Gasteiger partial charge >= 0.3 is 5.97 Å². The lowest BCUT2D eigenvalue weighted by Crippen LogP contribution is -2.35. The van der Waals surface area contributed by atoms with E-state index in [-0.39, 0.29) is 18.9 Å². The van der Waals surface area contributed by atoms with Crippen LogP contribution in [0.1, 0.15) is 6.42 Å². The fourth-order valence-electron chi connectivity index (χ4n) is 0.679. The number of nitrogens with zero attached hydrogens (tertiary/aromatic N) is 1. The van der Waals surface area contributed by atoms with Gasteiger partial charge in [-0.3, -0.25) is 9.79 Å². The molecule has 0 saturated carbocycles. The van der Waals surface area contributed by atoms with Crippen molar-refractivity contribution in [1.82, 2.24) is 0 Å². The summed E-state index contributed by atoms with van der Waals surface area (Å²) >= 11 is 0. The molecule has 0 spiro atoms. The van der Waals surface area contributed by atoms with Gasteiger partial charge in [-0.25, -0.2) is 0 Å². The smallest absolute Gasteiger partial charge is 0.320 e. The van der Waals surface area contributed by atoms with E-state index < -0.39 is 18.1 Å². The molecule has 0 fully saturated rings. The monoisotopic (exact) mass is 190 g/mol. The van der Waals surface area contributed by atoms with Gasteiger partial charge in [-0.2, -0.15) is 0 Å². The fraction of sp³-hybridized carbons (Fsp3) is 0.667. The Balaban J connectivity index is 3.80. The van der Waals surface area contributed by atoms with Gasteiger partial charge in [0.15, 0.2) is 5.96 Å². The van der Waals surface area contributed by atoms with Crippen molar-refractivity contribution in [2.75, 3.05) is 6.54 Å². The molecule has 0 aromatic rings. The van der Waals surface area contributed by atoms with Gasteiger partial charge in [0.25, 0.3) is 0 Å². The van der Waals surface area contributed by atoms with Crippen LogP contribution in [0.25, 0.3) is 0 Å². The van der Waals surface area contributed by atoms with Crippen molar-refractivity contribution in [3.63, 3.8) is 0 Å². The Bertz CT molecular complexity index is 202. The van der Waals surface area contributed by atoms with Crippen LogP contribution in [0.3, 0.4) is 0 Å². The van der Waals surface area contributed by atoms with Crippen LogP contribution in [0, 0.1) is 0 Å². The standard InChI is InChI=1S/C6H14N4O3/c7-4(5(12)13)1-3(11)2-10-6(8)9/h3-4,11H,1-2,7H2,(H,12,13)(H4,8,9,10)/t3?,4-/m0/s1. The number of carboxylic acids is 1. The third-order valence-electron chi connectivity index (χ3n) is 1.33. The van der Waals surface area contributed by atoms with Crippen molar-refractivity contribution < 1.29 is 15.0 Å². The number of hydrogen-bond donors (Lipinski definition) is 5. The van der Waals surface area contributed by atoms with Crippen LogP contribution in [-0.2, 0) is 4.79 Å². The summed E-state index contributed by atoms with van der Waals surface area (Å²) in [6.45, 7) is -0.0384. The predicted molar refractivity (Wildman–Crippen MR) is 46.9 cm³/mol. The zero-order chi connectivity index (χ0) is 10.4. The van der Waals surface area contributed by atoms with E-state index in [1.807, 2.05) is 0 Å². The number of rotatable bonds is 5. The number of nitrogens with two attached hydrogens (primary N) is 3. The van der Waals surface area contributed by atoms with Gasteiger partial charge in [0, 0.05) is 6.42 Å². The molecule has 2 atom stereocenters. The summed E-state index contributed by atoms with van der Waals surface area (Å²) in [6.07, 6.45) is -1.01. The van der Waals surface area contributed by atoms with Crippen LogP contribution in [-0.4, -0.2) is 40.8 Å². The number of aliphatic carboxylic acids is 1. The van der Waals surface area contributed by atoms with E-state index >= 15 is 0 Å². The molecular weight excluding hydrogens is 176 g/mol. The van der Waals surface area contributed by atoms with Gasteiger partial charge in [0.1, 0.15) is 6.04 Å². The van der Waals surface area contributed by atoms with E-state index in [4.69, 9.17) is 27.4 Å². The minimum absolute atomic E-state index is 0.0384. The largest absolute Gasteiger partial charge is 0.480 e. The first-order chi connectivity index (χ1) is 5.93. The zero-order valence-corrected chi connectivity index (χ0v) is 7.05. The van der Waals surface area contributed by atoms with E-state index in [0.29, 0.717) is 0 Å². The molecule has 0 aromatic heterocycles. The highest BCUT2D eigenvalue weighted by molar-refractivity contribution is 5.75. The van der Waals surface area contributed by atoms with E-state index in [2.05, 4.69) is 4.99 Å². The minimum atomic E-state index is -1.16. The SMILES string of the molecule is NC(N)=NCC(O)C[C@H](N)C(=O)O. The van der Waals surface area contributed by atoms with Crippen molar-refractivity contribution in [1.29, 1.82) is 0 Å². The first kappa shape index (κ1) is 11.7. The maximum absolute atomic E-state index is 10.3. The van der Waals surface area contributed by atoms with Crippen LogP contribution in [0.5, 0.6) is 0 Å². The molecule has 0 heterocycles. The van der Waals surface area contributed by atoms with E-state index in [1.165, 1.54) is 0 Å². The molecule has 0 aromatic carbocycles. The number of aliphatic imine (C=N–C) groups is 1. The number of hydrogen-bond acceptors (Lipinski definition) is 4. The van der Waals surface area contributed by atoms with Gasteiger partial charge in [0.05, 0.1) is 12.6 Å². The molecule has 0 aliphatic carbocycles. The van der Waals surface area contributed by atoms with Crippen LogP contribution < -0.4 is 17.2 Å². The van der Waals surface area contributed by atoms with E-state index in [0.717, 1.165) is 0 Å². The lowest BCUT2D eigenvalue weighted by Gasteiger charge is -2.10. The number of carbonyl (C=O) groups is 1. The van der Waals surface area contributed by atoms with Crippen LogP contribution in [0.15, 0.2) is 4.99 Å². The van der Waals surface area contributed by atoms with Gasteiger partial charge in [-0.1, -0.05) is 0 Å². The van der Waals surface area contributed by atoms with Gasteiger partial charge in [-0.15, -0.1) is 0 Å². The lowest BCUT2D eigenvalue weighted by molar-refractivity contribution is -0.139. The predicted octanol–water partition coefficient (Wildman–Crippen LogP) is -2.58. The van der Waals surface area contributed by atoms with Crippen LogP contribution in [0.4, 0.5) is 0 Å². The second kappa shape index (κ2) is 5.33. The quantitative estimate of drug-likeness (QED) is 0.237. The van der Waals surface area contributed by atoms with Crippen molar-refractivity contribution in [3.8, 4) is 0 Å². The summed E-state index contributed by atoms with van der Waals surface area (Å²) in [5.74, 6) is -1.31. The zero-order valence-electron chi connectivity index (χ0n) is 7.05. The summed E-state index contributed by atoms with van der Waals surface area (Å²) in [6, 6.07) is -1.09. The highest BCUT2D eigenvalue weighted by Gasteiger charge is 2.16. The summed E-state index contributed by atoms with van der Waals surface area (Å²) < 4.78 is 0. The molecule has 1 unspecified atom stereocenters. The molecule has 0 bridgehead atoms. The normalized spacial score (nSPS) is 14.6. The molecule has 0 rings (SSSR count). The highest BCUT2D eigenvalue weighted by atomic mass is 16.4. The first-order valence-corrected chi connectivity index (χ1v) is 3.65. The first-order valence-electron chi connectivity index (χ1n) is 3.65. The summed E-state index contributed by atoms with van der Waals surface area (Å²) in [5.41, 5.74) is 15.2. The minimum Gasteiger partial charge on any atom is -0.480 e. The molecule has 8 N–H and O–H groups in total. The summed E-state index contributed by atoms with van der Waals surface area (Å²) in [7, 11) is 0.